The van der Waals surface area contributed by atoms with Gasteiger partial charge in [-0.1, -0.05) is 0 Å². The number of nitrogen functional groups attached to an aromatic ring is 1. The number of anilines is 1. The van der Waals surface area contributed by atoms with Crippen LogP contribution in [0.15, 0.2) is 10.5 Å². The molecule has 0 saturated carbocycles. The number of nitrogens with two attached hydrogens (primary N) is 1. The van der Waals surface area contributed by atoms with Crippen molar-refractivity contribution < 1.29 is 4.92 Å². The van der Waals surface area contributed by atoms with Gasteiger partial charge >= 0.3 is 0 Å². The summed E-state index contributed by atoms with van der Waals surface area (Å²) in [7, 11) is 0. The van der Waals surface area contributed by atoms with E-state index in [1.54, 1.807) is 19.9 Å². The molecule has 13 heavy (non-hydrogen) atoms. The van der Waals surface area contributed by atoms with Gasteiger partial charge in [-0.15, -0.1) is 0 Å². The summed E-state index contributed by atoms with van der Waals surface area (Å²) < 4.78 is 0.504. The Balaban J connectivity index is 3.56. The van der Waals surface area contributed by atoms with E-state index in [1.165, 1.54) is 0 Å². The van der Waals surface area contributed by atoms with Crippen LogP contribution in [0.4, 0.5) is 11.4 Å². The molecular weight excluding hydrogens is 236 g/mol. The lowest BCUT2D eigenvalue weighted by Gasteiger charge is -2.05. The molecule has 0 heterocycles. The van der Waals surface area contributed by atoms with Gasteiger partial charge in [-0.05, 0) is 41.4 Å². The molecule has 0 aliphatic rings. The van der Waals surface area contributed by atoms with Gasteiger partial charge in [0.1, 0.15) is 0 Å². The van der Waals surface area contributed by atoms with Crippen LogP contribution >= 0.6 is 15.9 Å². The van der Waals surface area contributed by atoms with E-state index in [-0.39, 0.29) is 5.69 Å². The molecule has 0 radical (unpaired) electrons. The van der Waals surface area contributed by atoms with E-state index in [0.29, 0.717) is 15.7 Å². The Morgan fingerprint density at radius 3 is 2.54 bits per heavy atom. The van der Waals surface area contributed by atoms with E-state index >= 15 is 0 Å². The Bertz CT molecular complexity index is 351. The molecular formula is C8H9BrN2O2. The highest BCUT2D eigenvalue weighted by Crippen LogP contribution is 2.34. The Kier molecular flexibility index (Phi) is 2.56. The molecule has 70 valence electrons. The second-order valence-corrected chi connectivity index (χ2v) is 3.62. The van der Waals surface area contributed by atoms with Crippen molar-refractivity contribution in [3.8, 4) is 0 Å². The third-order valence-corrected chi connectivity index (χ3v) is 2.90. The van der Waals surface area contributed by atoms with Crippen molar-refractivity contribution in [1.82, 2.24) is 0 Å². The summed E-state index contributed by atoms with van der Waals surface area (Å²) in [5, 5.41) is 10.7. The smallest absolute Gasteiger partial charge is 0.288 e. The summed E-state index contributed by atoms with van der Waals surface area (Å²) in [6, 6.07) is 1.71. The monoisotopic (exact) mass is 244 g/mol. The molecule has 0 atom stereocenters. The van der Waals surface area contributed by atoms with Crippen molar-refractivity contribution in [2.75, 3.05) is 5.73 Å². The summed E-state index contributed by atoms with van der Waals surface area (Å²) in [6.45, 7) is 3.41. The van der Waals surface area contributed by atoms with E-state index in [2.05, 4.69) is 15.9 Å². The summed E-state index contributed by atoms with van der Waals surface area (Å²) >= 11 is 3.17. The first-order valence-electron chi connectivity index (χ1n) is 3.64. The van der Waals surface area contributed by atoms with E-state index < -0.39 is 4.92 Å². The molecule has 0 spiro atoms. The lowest BCUT2D eigenvalue weighted by atomic mass is 10.1. The van der Waals surface area contributed by atoms with Crippen LogP contribution in [0.3, 0.4) is 0 Å². The second-order valence-electron chi connectivity index (χ2n) is 2.83. The number of halogens is 1. The average Bonchev–Trinajstić information content (AvgIpc) is 2.01. The molecule has 0 aromatic heterocycles. The fourth-order valence-electron chi connectivity index (χ4n) is 1.11. The maximum atomic E-state index is 10.7. The van der Waals surface area contributed by atoms with E-state index in [4.69, 9.17) is 5.73 Å². The normalized spacial score (nSPS) is 10.1. The molecule has 1 aromatic rings. The lowest BCUT2D eigenvalue weighted by Crippen LogP contribution is -1.99. The van der Waals surface area contributed by atoms with Gasteiger partial charge in [0, 0.05) is 5.69 Å². The maximum absolute atomic E-state index is 10.7. The zero-order valence-corrected chi connectivity index (χ0v) is 8.88. The Labute approximate surface area is 84.0 Å². The highest BCUT2D eigenvalue weighted by Gasteiger charge is 2.19. The van der Waals surface area contributed by atoms with Crippen LogP contribution in [0.1, 0.15) is 11.1 Å². The van der Waals surface area contributed by atoms with Gasteiger partial charge in [0.15, 0.2) is 0 Å². The van der Waals surface area contributed by atoms with Crippen LogP contribution in [0, 0.1) is 24.0 Å². The van der Waals surface area contributed by atoms with Crippen LogP contribution in [-0.4, -0.2) is 4.92 Å². The third kappa shape index (κ3) is 1.65. The van der Waals surface area contributed by atoms with Gasteiger partial charge in [0.25, 0.3) is 5.69 Å². The minimum Gasteiger partial charge on any atom is -0.398 e. The molecule has 0 fully saturated rings. The summed E-state index contributed by atoms with van der Waals surface area (Å²) in [4.78, 5) is 10.2. The molecule has 0 saturated heterocycles. The zero-order valence-electron chi connectivity index (χ0n) is 7.30. The Morgan fingerprint density at radius 2 is 2.08 bits per heavy atom. The number of nitrogens with zero attached hydrogens (tertiary/aromatic N) is 1. The van der Waals surface area contributed by atoms with Crippen molar-refractivity contribution in [2.24, 2.45) is 0 Å². The number of benzene rings is 1. The maximum Gasteiger partial charge on any atom is 0.288 e. The first-order chi connectivity index (χ1) is 5.95. The molecule has 5 heteroatoms. The summed E-state index contributed by atoms with van der Waals surface area (Å²) in [6.07, 6.45) is 0. The van der Waals surface area contributed by atoms with Crippen molar-refractivity contribution >= 4 is 27.3 Å². The number of rotatable bonds is 1. The first kappa shape index (κ1) is 9.98. The number of nitro benzene ring substituents is 1. The molecule has 0 unspecified atom stereocenters. The molecule has 0 bridgehead atoms. The van der Waals surface area contributed by atoms with Crippen molar-refractivity contribution in [3.05, 3.63) is 31.8 Å². The van der Waals surface area contributed by atoms with Gasteiger partial charge in [-0.2, -0.15) is 0 Å². The van der Waals surface area contributed by atoms with Gasteiger partial charge < -0.3 is 5.73 Å². The number of aryl methyl sites for hydroxylation is 1. The van der Waals surface area contributed by atoms with Crippen LogP contribution in [-0.2, 0) is 0 Å². The predicted molar refractivity (Wildman–Crippen MR) is 54.7 cm³/mol. The fraction of sp³-hybridized carbons (Fsp3) is 0.250. The highest BCUT2D eigenvalue weighted by atomic mass is 79.9. The number of hydrogen-bond donors (Lipinski definition) is 1. The quantitative estimate of drug-likeness (QED) is 0.469. The Morgan fingerprint density at radius 1 is 1.54 bits per heavy atom. The summed E-state index contributed by atoms with van der Waals surface area (Å²) in [5.74, 6) is 0. The second kappa shape index (κ2) is 3.33. The number of nitro groups is 1. The van der Waals surface area contributed by atoms with Gasteiger partial charge in [0.05, 0.1) is 15.0 Å². The van der Waals surface area contributed by atoms with Gasteiger partial charge in [0.2, 0.25) is 0 Å². The highest BCUT2D eigenvalue weighted by molar-refractivity contribution is 9.10. The van der Waals surface area contributed by atoms with Crippen LogP contribution < -0.4 is 5.73 Å². The van der Waals surface area contributed by atoms with Crippen molar-refractivity contribution in [3.63, 3.8) is 0 Å². The van der Waals surface area contributed by atoms with Gasteiger partial charge in [-0.3, -0.25) is 10.1 Å². The largest absolute Gasteiger partial charge is 0.398 e. The standard InChI is InChI=1S/C8H9BrN2O2/c1-4-3-6(10)5(2)8(7(4)9)11(12)13/h3H,10H2,1-2H3. The molecule has 1 aromatic carbocycles. The van der Waals surface area contributed by atoms with Crippen LogP contribution in [0.5, 0.6) is 0 Å². The van der Waals surface area contributed by atoms with Crippen LogP contribution in [0.25, 0.3) is 0 Å². The van der Waals surface area contributed by atoms with E-state index in [9.17, 15) is 10.1 Å². The lowest BCUT2D eigenvalue weighted by molar-refractivity contribution is -0.386. The topological polar surface area (TPSA) is 69.2 Å². The molecule has 0 aliphatic heterocycles. The fourth-order valence-corrected chi connectivity index (χ4v) is 1.67. The van der Waals surface area contributed by atoms with Crippen molar-refractivity contribution in [2.45, 2.75) is 13.8 Å². The van der Waals surface area contributed by atoms with E-state index in [1.807, 2.05) is 0 Å². The minimum absolute atomic E-state index is 0.0532. The van der Waals surface area contributed by atoms with Gasteiger partial charge in [-0.25, -0.2) is 0 Å². The molecule has 1 rings (SSSR count). The first-order valence-corrected chi connectivity index (χ1v) is 4.44. The minimum atomic E-state index is -0.428. The molecule has 0 amide bonds. The average molecular weight is 245 g/mol. The summed E-state index contributed by atoms with van der Waals surface area (Å²) in [5.41, 5.74) is 7.38. The predicted octanol–water partition coefficient (Wildman–Crippen LogP) is 2.56. The molecule has 4 nitrogen and oxygen atoms in total. The Hall–Kier alpha value is -1.10. The number of hydrogen-bond acceptors (Lipinski definition) is 3. The third-order valence-electron chi connectivity index (χ3n) is 1.90. The zero-order chi connectivity index (χ0) is 10.2. The van der Waals surface area contributed by atoms with E-state index in [0.717, 1.165) is 5.56 Å². The van der Waals surface area contributed by atoms with Crippen LogP contribution in [0.2, 0.25) is 0 Å². The SMILES string of the molecule is Cc1cc(N)c(C)c([N+](=O)[O-])c1Br. The molecule has 2 N–H and O–H groups in total. The molecule has 0 aliphatic carbocycles. The van der Waals surface area contributed by atoms with Crippen molar-refractivity contribution in [1.29, 1.82) is 0 Å².